The number of aromatic nitrogens is 2. The monoisotopic (exact) mass is 351 g/mol. The zero-order valence-electron chi connectivity index (χ0n) is 13.6. The molecule has 2 aromatic rings. The Balaban J connectivity index is 1.49. The van der Waals surface area contributed by atoms with Gasteiger partial charge in [0.1, 0.15) is 0 Å². The normalized spacial score (nSPS) is 17.2. The average Bonchev–Trinajstić information content (AvgIpc) is 2.99. The van der Waals surface area contributed by atoms with Crippen LogP contribution in [0.25, 0.3) is 0 Å². The molecule has 1 aliphatic heterocycles. The van der Waals surface area contributed by atoms with Crippen LogP contribution in [0.3, 0.4) is 0 Å². The second-order valence-corrected chi connectivity index (χ2v) is 7.47. The van der Waals surface area contributed by atoms with Crippen LogP contribution < -0.4 is 4.72 Å². The third-order valence-corrected chi connectivity index (χ3v) is 5.46. The largest absolute Gasteiger partial charge is 0.340 e. The molecule has 130 valence electrons. The lowest BCUT2D eigenvalue weighted by atomic mass is 10.2. The Labute approximate surface area is 141 Å². The summed E-state index contributed by atoms with van der Waals surface area (Å²) in [4.78, 5) is 6.29. The van der Waals surface area contributed by atoms with Gasteiger partial charge in [-0.05, 0) is 5.56 Å². The van der Waals surface area contributed by atoms with Crippen molar-refractivity contribution in [1.29, 1.82) is 0 Å². The van der Waals surface area contributed by atoms with Crippen LogP contribution in [0.5, 0.6) is 0 Å². The molecule has 1 saturated heterocycles. The third-order valence-electron chi connectivity index (χ3n) is 3.91. The quantitative estimate of drug-likeness (QED) is 0.816. The highest BCUT2D eigenvalue weighted by Crippen LogP contribution is 2.10. The summed E-state index contributed by atoms with van der Waals surface area (Å²) in [6, 6.07) is 9.48. The summed E-state index contributed by atoms with van der Waals surface area (Å²) in [5.74, 6) is 1.17. The van der Waals surface area contributed by atoms with E-state index in [1.165, 1.54) is 4.31 Å². The van der Waals surface area contributed by atoms with Crippen molar-refractivity contribution in [3.8, 4) is 0 Å². The molecule has 0 aliphatic carbocycles. The number of hydrogen-bond acceptors (Lipinski definition) is 6. The number of hydrogen-bond donors (Lipinski definition) is 1. The molecule has 3 rings (SSSR count). The van der Waals surface area contributed by atoms with Crippen LogP contribution in [0.4, 0.5) is 0 Å². The van der Waals surface area contributed by atoms with Gasteiger partial charge in [0.15, 0.2) is 5.82 Å². The van der Waals surface area contributed by atoms with E-state index in [9.17, 15) is 8.42 Å². The van der Waals surface area contributed by atoms with Gasteiger partial charge >= 0.3 is 0 Å². The SMILES string of the molecule is Cc1nc(CN2CCN(S(=O)(=O)NCc3ccccc3)CC2)no1. The molecular weight excluding hydrogens is 330 g/mol. The van der Waals surface area contributed by atoms with Gasteiger partial charge in [-0.2, -0.15) is 22.4 Å². The smallest absolute Gasteiger partial charge is 0.279 e. The third kappa shape index (κ3) is 4.38. The van der Waals surface area contributed by atoms with Crippen LogP contribution in [-0.2, 0) is 23.3 Å². The van der Waals surface area contributed by atoms with E-state index in [4.69, 9.17) is 4.52 Å². The van der Waals surface area contributed by atoms with Crippen molar-refractivity contribution in [2.75, 3.05) is 26.2 Å². The van der Waals surface area contributed by atoms with E-state index < -0.39 is 10.2 Å². The fourth-order valence-electron chi connectivity index (χ4n) is 2.60. The number of nitrogens with zero attached hydrogens (tertiary/aromatic N) is 4. The first-order valence-electron chi connectivity index (χ1n) is 7.83. The summed E-state index contributed by atoms with van der Waals surface area (Å²) in [5.41, 5.74) is 0.937. The van der Waals surface area contributed by atoms with Crippen LogP contribution in [0, 0.1) is 6.92 Å². The van der Waals surface area contributed by atoms with Gasteiger partial charge in [-0.25, -0.2) is 0 Å². The van der Waals surface area contributed by atoms with Crippen molar-refractivity contribution in [2.45, 2.75) is 20.0 Å². The van der Waals surface area contributed by atoms with Crippen molar-refractivity contribution >= 4 is 10.2 Å². The van der Waals surface area contributed by atoms with E-state index in [-0.39, 0.29) is 0 Å². The Kier molecular flexibility index (Phi) is 5.24. The predicted octanol–water partition coefficient (Wildman–Crippen LogP) is 0.530. The molecular formula is C15H21N5O3S. The zero-order valence-corrected chi connectivity index (χ0v) is 14.4. The Bertz CT molecular complexity index is 754. The highest BCUT2D eigenvalue weighted by Gasteiger charge is 2.27. The lowest BCUT2D eigenvalue weighted by Crippen LogP contribution is -2.51. The molecule has 1 aliphatic rings. The van der Waals surface area contributed by atoms with Gasteiger partial charge in [-0.15, -0.1) is 0 Å². The zero-order chi connectivity index (χ0) is 17.0. The first-order chi connectivity index (χ1) is 11.5. The molecule has 1 aromatic heterocycles. The second-order valence-electron chi connectivity index (χ2n) is 5.72. The lowest BCUT2D eigenvalue weighted by molar-refractivity contribution is 0.175. The molecule has 1 N–H and O–H groups in total. The summed E-state index contributed by atoms with van der Waals surface area (Å²) >= 11 is 0. The van der Waals surface area contributed by atoms with E-state index >= 15 is 0 Å². The van der Waals surface area contributed by atoms with Crippen molar-refractivity contribution in [1.82, 2.24) is 24.1 Å². The maximum atomic E-state index is 12.4. The van der Waals surface area contributed by atoms with Crippen molar-refractivity contribution in [3.63, 3.8) is 0 Å². The molecule has 2 heterocycles. The van der Waals surface area contributed by atoms with E-state index in [0.717, 1.165) is 5.56 Å². The molecule has 0 spiro atoms. The number of aryl methyl sites for hydroxylation is 1. The fourth-order valence-corrected chi connectivity index (χ4v) is 3.77. The van der Waals surface area contributed by atoms with Gasteiger partial charge in [0.05, 0.1) is 6.54 Å². The molecule has 8 nitrogen and oxygen atoms in total. The summed E-state index contributed by atoms with van der Waals surface area (Å²) in [7, 11) is -3.47. The molecule has 24 heavy (non-hydrogen) atoms. The average molecular weight is 351 g/mol. The second kappa shape index (κ2) is 7.39. The highest BCUT2D eigenvalue weighted by atomic mass is 32.2. The first-order valence-corrected chi connectivity index (χ1v) is 9.27. The van der Waals surface area contributed by atoms with Gasteiger partial charge in [0.25, 0.3) is 10.2 Å². The van der Waals surface area contributed by atoms with E-state index in [1.807, 2.05) is 30.3 Å². The van der Waals surface area contributed by atoms with Gasteiger partial charge in [-0.1, -0.05) is 35.5 Å². The predicted molar refractivity (Wildman–Crippen MR) is 88.1 cm³/mol. The van der Waals surface area contributed by atoms with Crippen LogP contribution in [0.15, 0.2) is 34.9 Å². The molecule has 0 unspecified atom stereocenters. The van der Waals surface area contributed by atoms with Crippen molar-refractivity contribution in [2.24, 2.45) is 0 Å². The molecule has 9 heteroatoms. The van der Waals surface area contributed by atoms with E-state index in [0.29, 0.717) is 51.0 Å². The minimum absolute atomic E-state index is 0.297. The molecule has 1 aromatic carbocycles. The van der Waals surface area contributed by atoms with Crippen molar-refractivity contribution < 1.29 is 12.9 Å². The maximum absolute atomic E-state index is 12.4. The summed E-state index contributed by atoms with van der Waals surface area (Å²) in [6.07, 6.45) is 0. The number of nitrogens with one attached hydrogen (secondary N) is 1. The van der Waals surface area contributed by atoms with Crippen molar-refractivity contribution in [3.05, 3.63) is 47.6 Å². The molecule has 0 bridgehead atoms. The standard InChI is InChI=1S/C15H21N5O3S/c1-13-17-15(18-23-13)12-19-7-9-20(10-8-19)24(21,22)16-11-14-5-3-2-4-6-14/h2-6,16H,7-12H2,1H3. The number of rotatable bonds is 6. The van der Waals surface area contributed by atoms with Gasteiger partial charge < -0.3 is 4.52 Å². The molecule has 0 atom stereocenters. The van der Waals surface area contributed by atoms with Crippen LogP contribution in [-0.4, -0.2) is 53.9 Å². The van der Waals surface area contributed by atoms with Crippen LogP contribution >= 0.6 is 0 Å². The fraction of sp³-hybridized carbons (Fsp3) is 0.467. The Hall–Kier alpha value is -1.81. The van der Waals surface area contributed by atoms with Gasteiger partial charge in [0, 0.05) is 39.6 Å². The van der Waals surface area contributed by atoms with Gasteiger partial charge in [-0.3, -0.25) is 4.90 Å². The molecule has 0 radical (unpaired) electrons. The topological polar surface area (TPSA) is 91.6 Å². The minimum Gasteiger partial charge on any atom is -0.340 e. The molecule has 0 saturated carbocycles. The van der Waals surface area contributed by atoms with E-state index in [1.54, 1.807) is 6.92 Å². The summed E-state index contributed by atoms with van der Waals surface area (Å²) in [5, 5.41) is 3.87. The summed E-state index contributed by atoms with van der Waals surface area (Å²) < 4.78 is 33.9. The minimum atomic E-state index is -3.47. The van der Waals surface area contributed by atoms with E-state index in [2.05, 4.69) is 19.8 Å². The Morgan fingerprint density at radius 3 is 2.50 bits per heavy atom. The highest BCUT2D eigenvalue weighted by molar-refractivity contribution is 7.87. The lowest BCUT2D eigenvalue weighted by Gasteiger charge is -2.33. The van der Waals surface area contributed by atoms with Gasteiger partial charge in [0.2, 0.25) is 5.89 Å². The Morgan fingerprint density at radius 2 is 1.88 bits per heavy atom. The molecule has 0 amide bonds. The number of piperazine rings is 1. The molecule has 1 fully saturated rings. The van der Waals surface area contributed by atoms with Crippen LogP contribution in [0.1, 0.15) is 17.3 Å². The summed E-state index contributed by atoms with van der Waals surface area (Å²) in [6.45, 7) is 4.79. The maximum Gasteiger partial charge on any atom is 0.279 e. The first kappa shape index (κ1) is 17.0. The van der Waals surface area contributed by atoms with Crippen LogP contribution in [0.2, 0.25) is 0 Å². The Morgan fingerprint density at radius 1 is 1.17 bits per heavy atom. The number of benzene rings is 1.